The van der Waals surface area contributed by atoms with Crippen LogP contribution in [0, 0.1) is 11.3 Å². The third-order valence-electron chi connectivity index (χ3n) is 6.73. The number of nitrogens with zero attached hydrogens (tertiary/aromatic N) is 1. The minimum Gasteiger partial charge on any atom is -0.322 e. The highest BCUT2D eigenvalue weighted by Crippen LogP contribution is 2.45. The van der Waals surface area contributed by atoms with Gasteiger partial charge in [-0.15, -0.1) is 11.3 Å². The average Bonchev–Trinajstić information content (AvgIpc) is 3.16. The molecule has 0 unspecified atom stereocenters. The molecular weight excluding hydrogens is 460 g/mol. The first-order chi connectivity index (χ1) is 16.1. The van der Waals surface area contributed by atoms with Crippen LogP contribution >= 0.6 is 22.9 Å². The van der Waals surface area contributed by atoms with Crippen LogP contribution < -0.4 is 5.32 Å². The minimum atomic E-state index is -0.101. The van der Waals surface area contributed by atoms with Crippen molar-refractivity contribution in [1.29, 1.82) is 0 Å². The fraction of sp³-hybridized carbons (Fsp3) is 0.379. The van der Waals surface area contributed by atoms with Crippen molar-refractivity contribution in [1.82, 2.24) is 0 Å². The molecule has 1 N–H and O–H groups in total. The number of carbonyl (C=O) groups excluding carboxylic acids is 1. The number of thiophene rings is 1. The molecule has 178 valence electrons. The van der Waals surface area contributed by atoms with Crippen LogP contribution in [0.2, 0.25) is 5.02 Å². The maximum absolute atomic E-state index is 13.5. The molecule has 0 saturated carbocycles. The molecular formula is C29H33ClN2OS. The molecule has 1 aromatic heterocycles. The van der Waals surface area contributed by atoms with Crippen LogP contribution in [0.3, 0.4) is 0 Å². The van der Waals surface area contributed by atoms with Crippen LogP contribution in [-0.2, 0) is 12.8 Å². The monoisotopic (exact) mass is 492 g/mol. The van der Waals surface area contributed by atoms with Crippen molar-refractivity contribution in [2.45, 2.75) is 59.8 Å². The van der Waals surface area contributed by atoms with E-state index in [-0.39, 0.29) is 11.3 Å². The smallest absolute Gasteiger partial charge is 0.259 e. The molecule has 0 bridgehead atoms. The van der Waals surface area contributed by atoms with Gasteiger partial charge in [0, 0.05) is 21.8 Å². The van der Waals surface area contributed by atoms with E-state index < -0.39 is 0 Å². The van der Waals surface area contributed by atoms with Gasteiger partial charge >= 0.3 is 0 Å². The largest absolute Gasteiger partial charge is 0.322 e. The van der Waals surface area contributed by atoms with E-state index in [1.807, 2.05) is 18.3 Å². The van der Waals surface area contributed by atoms with Crippen LogP contribution in [0.1, 0.15) is 78.9 Å². The molecule has 3 aromatic rings. The van der Waals surface area contributed by atoms with Crippen molar-refractivity contribution in [3.63, 3.8) is 0 Å². The van der Waals surface area contributed by atoms with Crippen LogP contribution in [-0.4, -0.2) is 12.1 Å². The van der Waals surface area contributed by atoms with Gasteiger partial charge in [-0.3, -0.25) is 4.79 Å². The third kappa shape index (κ3) is 5.61. The summed E-state index contributed by atoms with van der Waals surface area (Å²) in [6.07, 6.45) is 4.88. The Morgan fingerprint density at radius 2 is 1.79 bits per heavy atom. The molecule has 1 amide bonds. The molecule has 3 nitrogen and oxygen atoms in total. The zero-order valence-corrected chi connectivity index (χ0v) is 22.2. The predicted molar refractivity (Wildman–Crippen MR) is 146 cm³/mol. The van der Waals surface area contributed by atoms with Gasteiger partial charge in [0.25, 0.3) is 5.91 Å². The van der Waals surface area contributed by atoms with Crippen molar-refractivity contribution < 1.29 is 4.79 Å². The predicted octanol–water partition coefficient (Wildman–Crippen LogP) is 8.68. The van der Waals surface area contributed by atoms with Crippen molar-refractivity contribution in [3.05, 3.63) is 80.7 Å². The van der Waals surface area contributed by atoms with Gasteiger partial charge < -0.3 is 5.32 Å². The Kier molecular flexibility index (Phi) is 7.30. The first kappa shape index (κ1) is 24.7. The SMILES string of the molecule is CC(C)c1ccc(C=Nc2sc3c(c2C(=O)Nc2ccc(Cl)cc2)CC[C@@H](C(C)(C)C)C3)cc1. The number of rotatable bonds is 5. The summed E-state index contributed by atoms with van der Waals surface area (Å²) in [6.45, 7) is 11.3. The van der Waals surface area contributed by atoms with Gasteiger partial charge in [0.15, 0.2) is 0 Å². The highest BCUT2D eigenvalue weighted by molar-refractivity contribution is 7.16. The lowest BCUT2D eigenvalue weighted by molar-refractivity contribution is 0.102. The topological polar surface area (TPSA) is 41.5 Å². The summed E-state index contributed by atoms with van der Waals surface area (Å²) in [7, 11) is 0. The number of carbonyl (C=O) groups is 1. The second-order valence-electron chi connectivity index (χ2n) is 10.5. The molecule has 0 aliphatic heterocycles. The quantitative estimate of drug-likeness (QED) is 0.355. The van der Waals surface area contributed by atoms with E-state index in [9.17, 15) is 4.79 Å². The highest BCUT2D eigenvalue weighted by atomic mass is 35.5. The Hall–Kier alpha value is -2.43. The Labute approximate surface area is 212 Å². The molecule has 0 radical (unpaired) electrons. The number of benzene rings is 2. The number of hydrogen-bond acceptors (Lipinski definition) is 3. The van der Waals surface area contributed by atoms with E-state index in [0.717, 1.165) is 41.1 Å². The van der Waals surface area contributed by atoms with Gasteiger partial charge in [-0.05, 0) is 77.5 Å². The zero-order chi connectivity index (χ0) is 24.5. The number of nitrogens with one attached hydrogen (secondary N) is 1. The van der Waals surface area contributed by atoms with E-state index in [4.69, 9.17) is 16.6 Å². The molecule has 34 heavy (non-hydrogen) atoms. The summed E-state index contributed by atoms with van der Waals surface area (Å²) >= 11 is 7.69. The number of aliphatic imine (C=N–C) groups is 1. The normalized spacial score (nSPS) is 16.1. The Bertz CT molecular complexity index is 1180. The van der Waals surface area contributed by atoms with Crippen molar-refractivity contribution >= 4 is 45.7 Å². The lowest BCUT2D eigenvalue weighted by Crippen LogP contribution is -2.27. The van der Waals surface area contributed by atoms with E-state index in [1.54, 1.807) is 23.5 Å². The minimum absolute atomic E-state index is 0.101. The molecule has 0 fully saturated rings. The molecule has 4 rings (SSSR count). The second kappa shape index (κ2) is 10.1. The Balaban J connectivity index is 1.67. The van der Waals surface area contributed by atoms with E-state index in [0.29, 0.717) is 16.9 Å². The molecule has 1 heterocycles. The zero-order valence-electron chi connectivity index (χ0n) is 20.6. The van der Waals surface area contributed by atoms with E-state index >= 15 is 0 Å². The van der Waals surface area contributed by atoms with Gasteiger partial charge in [0.05, 0.1) is 5.56 Å². The summed E-state index contributed by atoms with van der Waals surface area (Å²) in [5, 5.41) is 4.49. The molecule has 0 spiro atoms. The van der Waals surface area contributed by atoms with Gasteiger partial charge in [0.2, 0.25) is 0 Å². The van der Waals surface area contributed by atoms with Crippen molar-refractivity contribution in [2.24, 2.45) is 16.3 Å². The summed E-state index contributed by atoms with van der Waals surface area (Å²) in [4.78, 5) is 19.6. The highest BCUT2D eigenvalue weighted by Gasteiger charge is 2.33. The number of fused-ring (bicyclic) bond motifs is 1. The van der Waals surface area contributed by atoms with Gasteiger partial charge in [0.1, 0.15) is 5.00 Å². The van der Waals surface area contributed by atoms with Crippen molar-refractivity contribution in [3.8, 4) is 0 Å². The molecule has 0 saturated heterocycles. The first-order valence-corrected chi connectivity index (χ1v) is 13.2. The lowest BCUT2D eigenvalue weighted by atomic mass is 9.72. The molecule has 1 aliphatic carbocycles. The summed E-state index contributed by atoms with van der Waals surface area (Å²) in [5.74, 6) is 0.997. The molecule has 1 aliphatic rings. The Morgan fingerprint density at radius 1 is 1.12 bits per heavy atom. The van der Waals surface area contributed by atoms with Crippen LogP contribution in [0.15, 0.2) is 53.5 Å². The Morgan fingerprint density at radius 3 is 2.41 bits per heavy atom. The maximum atomic E-state index is 13.5. The van der Waals surface area contributed by atoms with Crippen molar-refractivity contribution in [2.75, 3.05) is 5.32 Å². The van der Waals surface area contributed by atoms with E-state index in [1.165, 1.54) is 16.0 Å². The average molecular weight is 493 g/mol. The summed E-state index contributed by atoms with van der Waals surface area (Å²) < 4.78 is 0. The third-order valence-corrected chi connectivity index (χ3v) is 8.15. The number of anilines is 1. The fourth-order valence-electron chi connectivity index (χ4n) is 4.46. The van der Waals surface area contributed by atoms with Gasteiger partial charge in [-0.1, -0.05) is 70.5 Å². The molecule has 5 heteroatoms. The van der Waals surface area contributed by atoms with Gasteiger partial charge in [-0.25, -0.2) is 4.99 Å². The summed E-state index contributed by atoms with van der Waals surface area (Å²) in [5.41, 5.74) is 5.20. The molecule has 2 aromatic carbocycles. The maximum Gasteiger partial charge on any atom is 0.259 e. The number of halogens is 1. The van der Waals surface area contributed by atoms with Gasteiger partial charge in [-0.2, -0.15) is 0 Å². The van der Waals surface area contributed by atoms with Crippen LogP contribution in [0.5, 0.6) is 0 Å². The fourth-order valence-corrected chi connectivity index (χ4v) is 5.86. The van der Waals surface area contributed by atoms with Crippen LogP contribution in [0.25, 0.3) is 0 Å². The summed E-state index contributed by atoms with van der Waals surface area (Å²) in [6, 6.07) is 15.7. The van der Waals surface area contributed by atoms with Crippen LogP contribution in [0.4, 0.5) is 10.7 Å². The first-order valence-electron chi connectivity index (χ1n) is 12.0. The number of amides is 1. The second-order valence-corrected chi connectivity index (χ2v) is 12.1. The lowest BCUT2D eigenvalue weighted by Gasteiger charge is -2.33. The van der Waals surface area contributed by atoms with E-state index in [2.05, 4.69) is 64.2 Å². The molecule has 1 atom stereocenters. The number of hydrogen-bond donors (Lipinski definition) is 1. The standard InChI is InChI=1S/C29H33ClN2OS/c1-18(2)20-8-6-19(7-9-20)17-31-28-26(27(33)32-23-13-11-22(30)12-14-23)24-15-10-21(29(3,4)5)16-25(24)34-28/h6-9,11-14,17-18,21H,10,15-16H2,1-5H3,(H,32,33)/t21-/m1/s1.